The summed E-state index contributed by atoms with van der Waals surface area (Å²) in [5.41, 5.74) is 24.0. The third-order valence-corrected chi connectivity index (χ3v) is 8.78. The molecule has 4 rings (SSSR count). The van der Waals surface area contributed by atoms with Gasteiger partial charge in [-0.05, 0) is 19.4 Å². The van der Waals surface area contributed by atoms with E-state index in [1.807, 2.05) is 6.92 Å². The van der Waals surface area contributed by atoms with Crippen molar-refractivity contribution in [3.63, 3.8) is 0 Å². The van der Waals surface area contributed by atoms with E-state index in [1.165, 1.54) is 28.4 Å². The highest BCUT2D eigenvalue weighted by Crippen LogP contribution is 2.41. The van der Waals surface area contributed by atoms with Crippen molar-refractivity contribution < 1.29 is 24.3 Å². The lowest BCUT2D eigenvalue weighted by Gasteiger charge is -2.49. The Hall–Kier alpha value is -3.55. The number of thioether (sulfide) groups is 2. The number of oxime groups is 1. The maximum absolute atomic E-state index is 13.1. The molecule has 210 valence electrons. The van der Waals surface area contributed by atoms with Crippen molar-refractivity contribution in [2.75, 3.05) is 30.4 Å². The van der Waals surface area contributed by atoms with Crippen molar-refractivity contribution >= 4 is 68.9 Å². The largest absolute Gasteiger partial charge is 0.477 e. The van der Waals surface area contributed by atoms with E-state index in [-0.39, 0.29) is 46.2 Å². The van der Waals surface area contributed by atoms with Crippen molar-refractivity contribution in [2.45, 2.75) is 31.4 Å². The van der Waals surface area contributed by atoms with E-state index in [1.54, 1.807) is 11.8 Å². The Morgan fingerprint density at radius 1 is 1.31 bits per heavy atom. The minimum atomic E-state index is -1.26. The lowest BCUT2D eigenvalue weighted by molar-refractivity contribution is -0.150. The van der Waals surface area contributed by atoms with Crippen LogP contribution in [0.15, 0.2) is 32.9 Å². The summed E-state index contributed by atoms with van der Waals surface area (Å²) >= 11 is 3.45. The molecule has 10 N–H and O–H groups in total. The topological polar surface area (TPSA) is 254 Å². The molecule has 0 spiro atoms. The number of carboxylic acid groups (broad SMARTS) is 1. The molecule has 19 heteroatoms. The van der Waals surface area contributed by atoms with Crippen LogP contribution in [-0.4, -0.2) is 95.2 Å². The summed E-state index contributed by atoms with van der Waals surface area (Å²) in [6, 6.07) is -0.988. The summed E-state index contributed by atoms with van der Waals surface area (Å²) < 4.78 is 3.98. The number of hydrogen-bond donors (Lipinski definition) is 6. The van der Waals surface area contributed by atoms with Gasteiger partial charge in [0.15, 0.2) is 10.3 Å². The number of nitrogen functional groups attached to an aromatic ring is 1. The van der Waals surface area contributed by atoms with Gasteiger partial charge in [0.05, 0.1) is 5.70 Å². The highest BCUT2D eigenvalue weighted by Gasteiger charge is 2.54. The Bertz CT molecular complexity index is 1310. The third kappa shape index (κ3) is 5.47. The maximum atomic E-state index is 13.1. The van der Waals surface area contributed by atoms with E-state index >= 15 is 0 Å². The van der Waals surface area contributed by atoms with Gasteiger partial charge in [-0.3, -0.25) is 14.5 Å². The van der Waals surface area contributed by atoms with Gasteiger partial charge in [-0.2, -0.15) is 9.36 Å². The van der Waals surface area contributed by atoms with E-state index in [0.29, 0.717) is 23.0 Å². The van der Waals surface area contributed by atoms with Crippen molar-refractivity contribution in [1.29, 1.82) is 0 Å². The summed E-state index contributed by atoms with van der Waals surface area (Å²) in [4.78, 5) is 54.5. The van der Waals surface area contributed by atoms with Crippen LogP contribution in [0.3, 0.4) is 0 Å². The molecule has 1 fully saturated rings. The molecular formula is C20H27N11O5S3. The number of rotatable bonds is 9. The fourth-order valence-corrected chi connectivity index (χ4v) is 6.94. The molecule has 1 aromatic heterocycles. The van der Waals surface area contributed by atoms with Gasteiger partial charge in [0.25, 0.3) is 11.8 Å². The summed E-state index contributed by atoms with van der Waals surface area (Å²) in [6.07, 6.45) is -0.651. The zero-order valence-corrected chi connectivity index (χ0v) is 23.3. The van der Waals surface area contributed by atoms with Gasteiger partial charge in [0.1, 0.15) is 35.7 Å². The molecule has 16 nitrogen and oxygen atoms in total. The molecule has 0 radical (unpaired) electrons. The van der Waals surface area contributed by atoms with Crippen LogP contribution in [0.25, 0.3) is 0 Å². The Labute approximate surface area is 235 Å². The Balaban J connectivity index is 1.50. The number of amides is 2. The number of nitrogens with zero attached hydrogens (tertiary/aromatic N) is 6. The molecule has 1 saturated heterocycles. The Kier molecular flexibility index (Phi) is 8.52. The molecule has 0 aromatic carbocycles. The number of aliphatic imine (C=N–C) groups is 1. The standard InChI is InChI=1S/C20H27N11O5S3/c1-3-30-13(23)8(21)12(22)26-20(30)38-6-7-5-37-17-10(16(33)31(17)11(7)18(34)35)25-15(32)9(28-36-4-2)14-27-19(24)39-29-14/h10,13,17H,3-6,21-23H2,1-2H3,(H,25,32)(H,34,35)(H2,24,27,29)/b28-9-/t10?,13?,17-/m0/s1. The predicted molar refractivity (Wildman–Crippen MR) is 148 cm³/mol. The minimum absolute atomic E-state index is 0.0440. The zero-order chi connectivity index (χ0) is 28.4. The number of aliphatic carboxylic acids is 1. The van der Waals surface area contributed by atoms with E-state index in [2.05, 4.69) is 24.8 Å². The maximum Gasteiger partial charge on any atom is 0.352 e. The summed E-state index contributed by atoms with van der Waals surface area (Å²) in [7, 11) is 0. The van der Waals surface area contributed by atoms with Crippen LogP contribution in [0, 0.1) is 0 Å². The van der Waals surface area contributed by atoms with Crippen molar-refractivity contribution in [1.82, 2.24) is 24.5 Å². The van der Waals surface area contributed by atoms with Crippen LogP contribution >= 0.6 is 35.1 Å². The van der Waals surface area contributed by atoms with Gasteiger partial charge in [0.2, 0.25) is 11.5 Å². The van der Waals surface area contributed by atoms with Crippen LogP contribution in [0.4, 0.5) is 5.13 Å². The highest BCUT2D eigenvalue weighted by molar-refractivity contribution is 8.14. The normalized spacial score (nSPS) is 23.4. The second-order valence-electron chi connectivity index (χ2n) is 8.19. The SMILES string of the molecule is CCO/N=C(\C(=O)NC1C(=O)N2C(C(=O)O)=C(CSC3=NC(N)=C(N)C(N)N3CC)CS[C@@H]12)c1nsc(N)n1. The van der Waals surface area contributed by atoms with Gasteiger partial charge < -0.3 is 43.1 Å². The molecule has 0 bridgehead atoms. The number of carbonyl (C=O) groups excluding carboxylic acids is 2. The molecular weight excluding hydrogens is 570 g/mol. The molecule has 3 atom stereocenters. The fourth-order valence-electron chi connectivity index (χ4n) is 3.92. The van der Waals surface area contributed by atoms with Gasteiger partial charge in [0, 0.05) is 29.6 Å². The number of hydrogen-bond acceptors (Lipinski definition) is 16. The quantitative estimate of drug-likeness (QED) is 0.106. The van der Waals surface area contributed by atoms with E-state index < -0.39 is 35.4 Å². The highest BCUT2D eigenvalue weighted by atomic mass is 32.2. The predicted octanol–water partition coefficient (Wildman–Crippen LogP) is -1.60. The lowest BCUT2D eigenvalue weighted by atomic mass is 10.0. The average Bonchev–Trinajstić information content (AvgIpc) is 3.34. The third-order valence-electron chi connectivity index (χ3n) is 5.82. The average molecular weight is 598 g/mol. The number of nitrogens with two attached hydrogens (primary N) is 4. The summed E-state index contributed by atoms with van der Waals surface area (Å²) in [5.74, 6) is -1.99. The minimum Gasteiger partial charge on any atom is -0.477 e. The second kappa shape index (κ2) is 11.7. The summed E-state index contributed by atoms with van der Waals surface area (Å²) in [5, 5.41) is 16.3. The van der Waals surface area contributed by atoms with Crippen LogP contribution in [0.5, 0.6) is 0 Å². The van der Waals surface area contributed by atoms with Gasteiger partial charge in [-0.25, -0.2) is 9.79 Å². The smallest absolute Gasteiger partial charge is 0.352 e. The fraction of sp³-hybridized carbons (Fsp3) is 0.450. The molecule has 2 unspecified atom stereocenters. The number of β-lactam (4-membered cyclic amide) rings is 1. The Morgan fingerprint density at radius 2 is 2.05 bits per heavy atom. The van der Waals surface area contributed by atoms with E-state index in [9.17, 15) is 19.5 Å². The van der Waals surface area contributed by atoms with Crippen molar-refractivity contribution in [3.8, 4) is 0 Å². The molecule has 0 aliphatic carbocycles. The number of fused-ring (bicyclic) bond motifs is 1. The van der Waals surface area contributed by atoms with Crippen LogP contribution in [-0.2, 0) is 19.2 Å². The molecule has 1 aromatic rings. The monoisotopic (exact) mass is 597 g/mol. The number of carbonyl (C=O) groups is 3. The Morgan fingerprint density at radius 3 is 2.67 bits per heavy atom. The van der Waals surface area contributed by atoms with Crippen LogP contribution in [0.2, 0.25) is 0 Å². The first-order chi connectivity index (χ1) is 18.6. The van der Waals surface area contributed by atoms with Gasteiger partial charge in [-0.1, -0.05) is 16.9 Å². The number of carboxylic acids is 1. The molecule has 4 heterocycles. The number of nitrogens with one attached hydrogen (secondary N) is 1. The second-order valence-corrected chi connectivity index (χ2v) is 11.0. The van der Waals surface area contributed by atoms with Crippen molar-refractivity contribution in [3.05, 3.63) is 28.6 Å². The molecule has 3 aliphatic rings. The van der Waals surface area contributed by atoms with Crippen LogP contribution < -0.4 is 28.3 Å². The van der Waals surface area contributed by atoms with Gasteiger partial charge >= 0.3 is 5.97 Å². The lowest BCUT2D eigenvalue weighted by Crippen LogP contribution is -2.71. The first kappa shape index (κ1) is 28.5. The first-order valence-electron chi connectivity index (χ1n) is 11.6. The van der Waals surface area contributed by atoms with Crippen LogP contribution in [0.1, 0.15) is 19.7 Å². The zero-order valence-electron chi connectivity index (χ0n) is 20.9. The number of aromatic nitrogens is 2. The molecule has 39 heavy (non-hydrogen) atoms. The number of likely N-dealkylation sites (N-methyl/N-ethyl adjacent to an activating group) is 1. The van der Waals surface area contributed by atoms with Crippen molar-refractivity contribution in [2.24, 2.45) is 27.3 Å². The molecule has 2 amide bonds. The van der Waals surface area contributed by atoms with Gasteiger partial charge in [-0.15, -0.1) is 11.8 Å². The molecule has 0 saturated carbocycles. The number of anilines is 1. The first-order valence-corrected chi connectivity index (χ1v) is 14.4. The molecule has 3 aliphatic heterocycles. The number of amidine groups is 1. The summed E-state index contributed by atoms with van der Waals surface area (Å²) in [6.45, 7) is 4.25. The van der Waals surface area contributed by atoms with E-state index in [4.69, 9.17) is 27.8 Å². The van der Waals surface area contributed by atoms with E-state index in [0.717, 1.165) is 11.5 Å².